The van der Waals surface area contributed by atoms with Crippen LogP contribution in [0.5, 0.6) is 0 Å². The summed E-state index contributed by atoms with van der Waals surface area (Å²) in [6.07, 6.45) is 3.83. The van der Waals surface area contributed by atoms with Crippen LogP contribution in [0, 0.1) is 5.92 Å². The number of nitrogens with zero attached hydrogens (tertiary/aromatic N) is 2. The number of amides is 3. The monoisotopic (exact) mass is 371 g/mol. The molecule has 2 N–H and O–H groups in total. The Hall–Kier alpha value is -2.08. The maximum Gasteiger partial charge on any atom is 0.318 e. The van der Waals surface area contributed by atoms with Gasteiger partial charge in [0.25, 0.3) is 0 Å². The molecule has 2 heterocycles. The van der Waals surface area contributed by atoms with Gasteiger partial charge in [-0.05, 0) is 30.7 Å². The fraction of sp³-hybridized carbons (Fsp3) is 0.619. The van der Waals surface area contributed by atoms with Crippen molar-refractivity contribution in [2.45, 2.75) is 50.1 Å². The normalized spacial score (nSPS) is 25.7. The Morgan fingerprint density at radius 3 is 2.52 bits per heavy atom. The molecule has 146 valence electrons. The highest BCUT2D eigenvalue weighted by atomic mass is 16.3. The number of aliphatic hydroxyl groups is 1. The third kappa shape index (κ3) is 3.10. The average molecular weight is 371 g/mol. The summed E-state index contributed by atoms with van der Waals surface area (Å²) in [4.78, 5) is 29.0. The molecule has 1 spiro atoms. The first kappa shape index (κ1) is 18.3. The van der Waals surface area contributed by atoms with E-state index in [0.717, 1.165) is 24.8 Å². The summed E-state index contributed by atoms with van der Waals surface area (Å²) in [7, 11) is 0. The highest BCUT2D eigenvalue weighted by molar-refractivity contribution is 5.82. The third-order valence-electron chi connectivity index (χ3n) is 6.31. The fourth-order valence-electron chi connectivity index (χ4n) is 4.79. The Morgan fingerprint density at radius 1 is 1.22 bits per heavy atom. The van der Waals surface area contributed by atoms with Crippen LogP contribution < -0.4 is 5.32 Å². The molecule has 2 aliphatic heterocycles. The lowest BCUT2D eigenvalue weighted by Gasteiger charge is -2.70. The second kappa shape index (κ2) is 7.15. The van der Waals surface area contributed by atoms with Crippen molar-refractivity contribution in [3.8, 4) is 0 Å². The summed E-state index contributed by atoms with van der Waals surface area (Å²) in [5, 5.41) is 13.0. The summed E-state index contributed by atoms with van der Waals surface area (Å²) in [5.74, 6) is 0.826. The lowest BCUT2D eigenvalue weighted by atomic mass is 9.61. The van der Waals surface area contributed by atoms with Crippen LogP contribution in [0.1, 0.15) is 44.1 Å². The van der Waals surface area contributed by atoms with E-state index in [4.69, 9.17) is 0 Å². The topological polar surface area (TPSA) is 72.9 Å². The number of likely N-dealkylation sites (tertiary alicyclic amines) is 2. The summed E-state index contributed by atoms with van der Waals surface area (Å²) in [6, 6.07) is 9.71. The van der Waals surface area contributed by atoms with Crippen molar-refractivity contribution in [2.24, 2.45) is 5.92 Å². The van der Waals surface area contributed by atoms with E-state index in [-0.39, 0.29) is 30.5 Å². The minimum atomic E-state index is -0.397. The van der Waals surface area contributed by atoms with Gasteiger partial charge in [0.05, 0.1) is 18.2 Å². The van der Waals surface area contributed by atoms with Crippen LogP contribution in [0.25, 0.3) is 0 Å². The molecular weight excluding hydrogens is 342 g/mol. The van der Waals surface area contributed by atoms with Crippen molar-refractivity contribution in [3.63, 3.8) is 0 Å². The van der Waals surface area contributed by atoms with Gasteiger partial charge in [-0.15, -0.1) is 0 Å². The van der Waals surface area contributed by atoms with E-state index >= 15 is 0 Å². The zero-order chi connectivity index (χ0) is 19.0. The van der Waals surface area contributed by atoms with E-state index in [1.165, 1.54) is 0 Å². The lowest BCUT2D eigenvalue weighted by molar-refractivity contribution is -0.177. The van der Waals surface area contributed by atoms with Crippen LogP contribution in [-0.4, -0.2) is 64.7 Å². The fourth-order valence-corrected chi connectivity index (χ4v) is 4.79. The maximum absolute atomic E-state index is 12.8. The molecule has 3 amide bonds. The van der Waals surface area contributed by atoms with Crippen LogP contribution in [0.2, 0.25) is 0 Å². The summed E-state index contributed by atoms with van der Waals surface area (Å²) in [5.41, 5.74) is 0.733. The molecule has 4 rings (SSSR count). The van der Waals surface area contributed by atoms with Crippen molar-refractivity contribution in [1.82, 2.24) is 15.1 Å². The van der Waals surface area contributed by atoms with Crippen LogP contribution in [-0.2, 0) is 4.79 Å². The van der Waals surface area contributed by atoms with E-state index in [0.29, 0.717) is 32.0 Å². The Kier molecular flexibility index (Phi) is 4.84. The van der Waals surface area contributed by atoms with Crippen LogP contribution >= 0.6 is 0 Å². The van der Waals surface area contributed by atoms with Crippen LogP contribution in [0.4, 0.5) is 4.79 Å². The first-order valence-corrected chi connectivity index (χ1v) is 10.1. The van der Waals surface area contributed by atoms with Gasteiger partial charge in [-0.3, -0.25) is 4.79 Å². The molecule has 0 radical (unpaired) electrons. The molecule has 6 heteroatoms. The zero-order valence-corrected chi connectivity index (χ0v) is 15.9. The molecule has 3 aliphatic rings. The predicted octanol–water partition coefficient (Wildman–Crippen LogP) is 1.95. The number of hydrogen-bond acceptors (Lipinski definition) is 3. The Bertz CT molecular complexity index is 698. The van der Waals surface area contributed by atoms with E-state index in [1.54, 1.807) is 4.90 Å². The highest BCUT2D eigenvalue weighted by Gasteiger charge is 2.68. The number of hydrogen-bond donors (Lipinski definition) is 2. The average Bonchev–Trinajstić information content (AvgIpc) is 3.43. The van der Waals surface area contributed by atoms with Gasteiger partial charge >= 0.3 is 6.03 Å². The smallest absolute Gasteiger partial charge is 0.318 e. The van der Waals surface area contributed by atoms with Crippen molar-refractivity contribution in [1.29, 1.82) is 0 Å². The maximum atomic E-state index is 12.8. The molecule has 2 saturated heterocycles. The first-order chi connectivity index (χ1) is 13.1. The number of carbonyl (C=O) groups is 2. The predicted molar refractivity (Wildman–Crippen MR) is 102 cm³/mol. The number of nitrogens with one attached hydrogen (secondary N) is 1. The minimum absolute atomic E-state index is 0.0565. The van der Waals surface area contributed by atoms with Crippen LogP contribution in [0.15, 0.2) is 30.3 Å². The third-order valence-corrected chi connectivity index (χ3v) is 6.31. The molecule has 1 aromatic rings. The molecule has 1 aliphatic carbocycles. The number of rotatable bonds is 6. The number of urea groups is 1. The van der Waals surface area contributed by atoms with Crippen molar-refractivity contribution < 1.29 is 14.7 Å². The molecule has 0 bridgehead atoms. The summed E-state index contributed by atoms with van der Waals surface area (Å²) >= 11 is 0. The molecule has 27 heavy (non-hydrogen) atoms. The molecule has 1 aromatic carbocycles. The zero-order valence-electron chi connectivity index (χ0n) is 15.9. The van der Waals surface area contributed by atoms with E-state index in [9.17, 15) is 14.7 Å². The van der Waals surface area contributed by atoms with Gasteiger partial charge < -0.3 is 20.2 Å². The van der Waals surface area contributed by atoms with Gasteiger partial charge in [-0.25, -0.2) is 4.79 Å². The van der Waals surface area contributed by atoms with Crippen molar-refractivity contribution in [2.75, 3.05) is 26.2 Å². The highest BCUT2D eigenvalue weighted by Crippen LogP contribution is 2.54. The molecule has 1 saturated carbocycles. The SMILES string of the molecule is CCCNC(=O)N1[C@H](CO)[C@@H](c2ccccc2)C12CN(C(=O)CC1CC1)C2. The molecule has 3 fully saturated rings. The van der Waals surface area contributed by atoms with Gasteiger partial charge in [0.1, 0.15) is 0 Å². The van der Waals surface area contributed by atoms with Crippen LogP contribution in [0.3, 0.4) is 0 Å². The first-order valence-electron chi connectivity index (χ1n) is 10.1. The molecule has 0 unspecified atom stereocenters. The Morgan fingerprint density at radius 2 is 1.93 bits per heavy atom. The van der Waals surface area contributed by atoms with Crippen molar-refractivity contribution >= 4 is 11.9 Å². The molecular formula is C21H29N3O3. The van der Waals surface area contributed by atoms with Gasteiger partial charge in [0.15, 0.2) is 0 Å². The van der Waals surface area contributed by atoms with E-state index in [1.807, 2.05) is 30.0 Å². The van der Waals surface area contributed by atoms with Gasteiger partial charge in [0, 0.05) is 32.0 Å². The molecule has 0 aromatic heterocycles. The van der Waals surface area contributed by atoms with Gasteiger partial charge in [-0.1, -0.05) is 37.3 Å². The molecule has 6 nitrogen and oxygen atoms in total. The molecule has 2 atom stereocenters. The summed E-state index contributed by atoms with van der Waals surface area (Å²) in [6.45, 7) is 3.69. The quantitative estimate of drug-likeness (QED) is 0.803. The second-order valence-corrected chi connectivity index (χ2v) is 8.24. The van der Waals surface area contributed by atoms with Gasteiger partial charge in [0.2, 0.25) is 5.91 Å². The van der Waals surface area contributed by atoms with E-state index < -0.39 is 5.54 Å². The Balaban J connectivity index is 1.55. The largest absolute Gasteiger partial charge is 0.394 e. The number of benzene rings is 1. The number of carbonyl (C=O) groups excluding carboxylic acids is 2. The van der Waals surface area contributed by atoms with E-state index in [2.05, 4.69) is 17.4 Å². The Labute approximate surface area is 160 Å². The van der Waals surface area contributed by atoms with Crippen molar-refractivity contribution in [3.05, 3.63) is 35.9 Å². The lowest BCUT2D eigenvalue weighted by Crippen LogP contribution is -2.86. The number of aliphatic hydroxyl groups excluding tert-OH is 1. The van der Waals surface area contributed by atoms with Gasteiger partial charge in [-0.2, -0.15) is 0 Å². The standard InChI is InChI=1S/C21H29N3O3/c1-2-10-22-20(27)24-17(12-25)19(16-6-4-3-5-7-16)21(24)13-23(14-21)18(26)11-15-8-9-15/h3-7,15,17,19,25H,2,8-14H2,1H3,(H,22,27)/t17-,19-/m1/s1. The summed E-state index contributed by atoms with van der Waals surface area (Å²) < 4.78 is 0. The minimum Gasteiger partial charge on any atom is -0.394 e. The second-order valence-electron chi connectivity index (χ2n) is 8.24.